The normalized spacial score (nSPS) is 19.5. The molecule has 1 fully saturated rings. The standard InChI is InChI=1S/C19H25N5O2/c25-18(20-12-14-4-2-1-3-5-14)21-16-8-9-17-22-24(13-15-6-7-15)19(26)23(17)11-10-16/h1-5,15-16H,6-13H2,(H2,20,21,25). The molecule has 2 amide bonds. The van der Waals surface area contributed by atoms with Crippen molar-refractivity contribution >= 4 is 6.03 Å². The fraction of sp³-hybridized carbons (Fsp3) is 0.526. The molecule has 1 aliphatic carbocycles. The molecule has 1 aromatic heterocycles. The number of amides is 2. The first-order valence-corrected chi connectivity index (χ1v) is 9.44. The Balaban J connectivity index is 1.30. The van der Waals surface area contributed by atoms with E-state index in [2.05, 4.69) is 15.7 Å². The lowest BCUT2D eigenvalue weighted by Crippen LogP contribution is -2.42. The van der Waals surface area contributed by atoms with E-state index in [-0.39, 0.29) is 17.8 Å². The van der Waals surface area contributed by atoms with Crippen molar-refractivity contribution in [2.45, 2.75) is 57.8 Å². The molecule has 1 saturated carbocycles. The van der Waals surface area contributed by atoms with Crippen molar-refractivity contribution in [1.82, 2.24) is 25.0 Å². The van der Waals surface area contributed by atoms with E-state index in [4.69, 9.17) is 0 Å². The third kappa shape index (κ3) is 3.98. The lowest BCUT2D eigenvalue weighted by molar-refractivity contribution is 0.235. The summed E-state index contributed by atoms with van der Waals surface area (Å²) in [6, 6.07) is 9.73. The maximum atomic E-state index is 12.5. The molecule has 0 spiro atoms. The minimum Gasteiger partial charge on any atom is -0.335 e. The van der Waals surface area contributed by atoms with Crippen LogP contribution in [0.15, 0.2) is 35.1 Å². The number of fused-ring (bicyclic) bond motifs is 1. The molecule has 0 saturated heterocycles. The van der Waals surface area contributed by atoms with Gasteiger partial charge in [-0.05, 0) is 37.2 Å². The van der Waals surface area contributed by atoms with Gasteiger partial charge in [0.15, 0.2) is 0 Å². The zero-order valence-electron chi connectivity index (χ0n) is 14.9. The highest BCUT2D eigenvalue weighted by Gasteiger charge is 2.26. The summed E-state index contributed by atoms with van der Waals surface area (Å²) in [5.74, 6) is 1.49. The molecule has 138 valence electrons. The largest absolute Gasteiger partial charge is 0.345 e. The van der Waals surface area contributed by atoms with Crippen molar-refractivity contribution < 1.29 is 4.79 Å². The second-order valence-corrected chi connectivity index (χ2v) is 7.31. The number of urea groups is 1. The number of nitrogens with zero attached hydrogens (tertiary/aromatic N) is 3. The van der Waals surface area contributed by atoms with Crippen LogP contribution in [0.3, 0.4) is 0 Å². The molecular weight excluding hydrogens is 330 g/mol. The van der Waals surface area contributed by atoms with Gasteiger partial charge in [0.2, 0.25) is 0 Å². The minimum atomic E-state index is -0.162. The van der Waals surface area contributed by atoms with Gasteiger partial charge in [0.25, 0.3) is 0 Å². The zero-order chi connectivity index (χ0) is 17.9. The van der Waals surface area contributed by atoms with E-state index in [1.807, 2.05) is 30.3 Å². The lowest BCUT2D eigenvalue weighted by atomic mass is 10.1. The molecule has 2 heterocycles. The summed E-state index contributed by atoms with van der Waals surface area (Å²) in [5.41, 5.74) is 1.07. The molecule has 2 aliphatic rings. The Kier molecular flexibility index (Phi) is 4.77. The summed E-state index contributed by atoms with van der Waals surface area (Å²) in [5, 5.41) is 10.4. The predicted octanol–water partition coefficient (Wildman–Crippen LogP) is 1.66. The third-order valence-electron chi connectivity index (χ3n) is 5.18. The van der Waals surface area contributed by atoms with E-state index in [0.717, 1.165) is 37.2 Å². The quantitative estimate of drug-likeness (QED) is 0.856. The molecule has 4 rings (SSSR count). The Morgan fingerprint density at radius 2 is 1.96 bits per heavy atom. The Bertz CT molecular complexity index is 822. The molecule has 26 heavy (non-hydrogen) atoms. The molecule has 1 atom stereocenters. The minimum absolute atomic E-state index is 0.000999. The van der Waals surface area contributed by atoms with Gasteiger partial charge in [0.1, 0.15) is 5.82 Å². The fourth-order valence-corrected chi connectivity index (χ4v) is 3.45. The summed E-state index contributed by atoms with van der Waals surface area (Å²) in [4.78, 5) is 24.6. The third-order valence-corrected chi connectivity index (χ3v) is 5.18. The van der Waals surface area contributed by atoms with Crippen LogP contribution < -0.4 is 16.3 Å². The predicted molar refractivity (Wildman–Crippen MR) is 97.8 cm³/mol. The molecule has 1 aliphatic heterocycles. The van der Waals surface area contributed by atoms with Gasteiger partial charge in [0.05, 0.1) is 0 Å². The van der Waals surface area contributed by atoms with Gasteiger partial charge in [-0.2, -0.15) is 5.10 Å². The summed E-state index contributed by atoms with van der Waals surface area (Å²) in [7, 11) is 0. The number of carbonyl (C=O) groups is 1. The summed E-state index contributed by atoms with van der Waals surface area (Å²) in [6.07, 6.45) is 4.69. The van der Waals surface area contributed by atoms with Crippen molar-refractivity contribution in [3.05, 3.63) is 52.2 Å². The van der Waals surface area contributed by atoms with E-state index < -0.39 is 0 Å². The number of aromatic nitrogens is 3. The highest BCUT2D eigenvalue weighted by molar-refractivity contribution is 5.74. The van der Waals surface area contributed by atoms with Crippen molar-refractivity contribution in [3.8, 4) is 0 Å². The van der Waals surface area contributed by atoms with Crippen LogP contribution in [-0.4, -0.2) is 26.4 Å². The maximum absolute atomic E-state index is 12.5. The van der Waals surface area contributed by atoms with E-state index in [9.17, 15) is 9.59 Å². The van der Waals surface area contributed by atoms with Crippen molar-refractivity contribution in [2.75, 3.05) is 0 Å². The first kappa shape index (κ1) is 16.9. The average molecular weight is 355 g/mol. The van der Waals surface area contributed by atoms with E-state index in [0.29, 0.717) is 19.0 Å². The Hall–Kier alpha value is -2.57. The summed E-state index contributed by atoms with van der Waals surface area (Å²) >= 11 is 0. The summed E-state index contributed by atoms with van der Waals surface area (Å²) in [6.45, 7) is 1.87. The molecular formula is C19H25N5O2. The van der Waals surface area contributed by atoms with Crippen LogP contribution in [-0.2, 0) is 26.1 Å². The fourth-order valence-electron chi connectivity index (χ4n) is 3.45. The van der Waals surface area contributed by atoms with Crippen LogP contribution >= 0.6 is 0 Å². The molecule has 0 radical (unpaired) electrons. The number of aryl methyl sites for hydroxylation is 1. The van der Waals surface area contributed by atoms with Gasteiger partial charge in [-0.3, -0.25) is 4.57 Å². The van der Waals surface area contributed by atoms with Gasteiger partial charge in [-0.15, -0.1) is 0 Å². The van der Waals surface area contributed by atoms with Gasteiger partial charge in [-0.1, -0.05) is 30.3 Å². The number of benzene rings is 1. The highest BCUT2D eigenvalue weighted by Crippen LogP contribution is 2.29. The topological polar surface area (TPSA) is 81.0 Å². The first-order valence-electron chi connectivity index (χ1n) is 9.44. The molecule has 1 aromatic carbocycles. The Morgan fingerprint density at radius 1 is 1.15 bits per heavy atom. The monoisotopic (exact) mass is 355 g/mol. The molecule has 2 aromatic rings. The summed E-state index contributed by atoms with van der Waals surface area (Å²) < 4.78 is 3.42. The van der Waals surface area contributed by atoms with Crippen molar-refractivity contribution in [3.63, 3.8) is 0 Å². The SMILES string of the molecule is O=C(NCc1ccccc1)NC1CCc2nn(CC3CC3)c(=O)n2CC1. The second kappa shape index (κ2) is 7.35. The highest BCUT2D eigenvalue weighted by atomic mass is 16.2. The van der Waals surface area contributed by atoms with Gasteiger partial charge >= 0.3 is 11.7 Å². The Morgan fingerprint density at radius 3 is 2.73 bits per heavy atom. The van der Waals surface area contributed by atoms with Crippen LogP contribution in [0.1, 0.15) is 37.1 Å². The number of hydrogen-bond donors (Lipinski definition) is 2. The number of hydrogen-bond acceptors (Lipinski definition) is 3. The zero-order valence-corrected chi connectivity index (χ0v) is 14.9. The van der Waals surface area contributed by atoms with Crippen molar-refractivity contribution in [2.24, 2.45) is 5.92 Å². The number of rotatable bonds is 5. The van der Waals surface area contributed by atoms with Crippen LogP contribution in [0, 0.1) is 5.92 Å². The second-order valence-electron chi connectivity index (χ2n) is 7.31. The lowest BCUT2D eigenvalue weighted by Gasteiger charge is -2.16. The van der Waals surface area contributed by atoms with Crippen molar-refractivity contribution in [1.29, 1.82) is 0 Å². The molecule has 7 heteroatoms. The smallest absolute Gasteiger partial charge is 0.335 e. The maximum Gasteiger partial charge on any atom is 0.345 e. The Labute approximate surface area is 152 Å². The van der Waals surface area contributed by atoms with E-state index in [1.54, 1.807) is 9.25 Å². The molecule has 2 N–H and O–H groups in total. The average Bonchev–Trinajstić information content (AvgIpc) is 3.44. The molecule has 0 bridgehead atoms. The van der Waals surface area contributed by atoms with Gasteiger partial charge in [0, 0.05) is 32.1 Å². The van der Waals surface area contributed by atoms with Crippen LogP contribution in [0.4, 0.5) is 4.79 Å². The van der Waals surface area contributed by atoms with Gasteiger partial charge in [-0.25, -0.2) is 14.3 Å². The van der Waals surface area contributed by atoms with Crippen LogP contribution in [0.2, 0.25) is 0 Å². The van der Waals surface area contributed by atoms with E-state index >= 15 is 0 Å². The van der Waals surface area contributed by atoms with Crippen LogP contribution in [0.5, 0.6) is 0 Å². The number of carbonyl (C=O) groups excluding carboxylic acids is 1. The molecule has 7 nitrogen and oxygen atoms in total. The van der Waals surface area contributed by atoms with E-state index in [1.165, 1.54) is 12.8 Å². The number of nitrogens with one attached hydrogen (secondary N) is 2. The van der Waals surface area contributed by atoms with Crippen LogP contribution in [0.25, 0.3) is 0 Å². The molecule has 1 unspecified atom stereocenters. The first-order chi connectivity index (χ1) is 12.7. The van der Waals surface area contributed by atoms with Gasteiger partial charge < -0.3 is 10.6 Å².